The number of anilines is 1. The van der Waals surface area contributed by atoms with Crippen LogP contribution in [-0.4, -0.2) is 18.5 Å². The molecule has 0 saturated carbocycles. The highest BCUT2D eigenvalue weighted by atomic mass is 32.1. The quantitative estimate of drug-likeness (QED) is 0.724. The third-order valence-electron chi connectivity index (χ3n) is 3.47. The van der Waals surface area contributed by atoms with Gasteiger partial charge >= 0.3 is 5.97 Å². The standard InChI is InChI=1S/C18H14FNO3S/c1-11-14-7-2-3-8-15(14)24-17(11)18(22)23-10-16(21)20-13-6-4-5-12(19)9-13/h2-9H,10H2,1H3,(H,20,21). The molecule has 6 heteroatoms. The van der Waals surface area contributed by atoms with Crippen LogP contribution in [0.5, 0.6) is 0 Å². The van der Waals surface area contributed by atoms with Crippen molar-refractivity contribution in [1.82, 2.24) is 0 Å². The highest BCUT2D eigenvalue weighted by Crippen LogP contribution is 2.30. The molecule has 122 valence electrons. The minimum atomic E-state index is -0.539. The molecule has 3 aromatic rings. The van der Waals surface area contributed by atoms with Gasteiger partial charge in [0, 0.05) is 10.4 Å². The molecule has 0 saturated heterocycles. The van der Waals surface area contributed by atoms with Gasteiger partial charge in [0.25, 0.3) is 5.91 Å². The van der Waals surface area contributed by atoms with Crippen molar-refractivity contribution in [2.24, 2.45) is 0 Å². The molecule has 0 aliphatic rings. The fourth-order valence-corrected chi connectivity index (χ4v) is 3.43. The van der Waals surface area contributed by atoms with E-state index in [9.17, 15) is 14.0 Å². The van der Waals surface area contributed by atoms with E-state index < -0.39 is 24.3 Å². The van der Waals surface area contributed by atoms with Gasteiger partial charge < -0.3 is 10.1 Å². The third-order valence-corrected chi connectivity index (χ3v) is 4.72. The number of fused-ring (bicyclic) bond motifs is 1. The van der Waals surface area contributed by atoms with Gasteiger partial charge in [0.15, 0.2) is 6.61 Å². The molecule has 0 aliphatic carbocycles. The molecule has 1 amide bonds. The number of carbonyl (C=O) groups excluding carboxylic acids is 2. The predicted molar refractivity (Wildman–Crippen MR) is 91.9 cm³/mol. The first-order valence-corrected chi connectivity index (χ1v) is 8.07. The lowest BCUT2D eigenvalue weighted by Crippen LogP contribution is -2.20. The van der Waals surface area contributed by atoms with Gasteiger partial charge in [-0.3, -0.25) is 4.79 Å². The van der Waals surface area contributed by atoms with Crippen LogP contribution >= 0.6 is 11.3 Å². The van der Waals surface area contributed by atoms with Gasteiger partial charge in [0.2, 0.25) is 0 Å². The van der Waals surface area contributed by atoms with Crippen molar-refractivity contribution in [2.45, 2.75) is 6.92 Å². The normalized spacial score (nSPS) is 10.6. The number of hydrogen-bond acceptors (Lipinski definition) is 4. The lowest BCUT2D eigenvalue weighted by Gasteiger charge is -2.06. The number of halogens is 1. The van der Waals surface area contributed by atoms with Crippen LogP contribution in [0.25, 0.3) is 10.1 Å². The molecule has 0 fully saturated rings. The number of thiophene rings is 1. The van der Waals surface area contributed by atoms with Crippen LogP contribution in [-0.2, 0) is 9.53 Å². The fourth-order valence-electron chi connectivity index (χ4n) is 2.33. The Morgan fingerprint density at radius 3 is 2.71 bits per heavy atom. The van der Waals surface area contributed by atoms with Gasteiger partial charge in [-0.15, -0.1) is 11.3 Å². The van der Waals surface area contributed by atoms with Crippen LogP contribution in [0.2, 0.25) is 0 Å². The molecule has 2 aromatic carbocycles. The number of aryl methyl sites for hydroxylation is 1. The van der Waals surface area contributed by atoms with E-state index in [0.717, 1.165) is 15.6 Å². The SMILES string of the molecule is Cc1c(C(=O)OCC(=O)Nc2cccc(F)c2)sc2ccccc12. The molecule has 1 heterocycles. The summed E-state index contributed by atoms with van der Waals surface area (Å²) in [6, 6.07) is 13.2. The molecule has 1 aromatic heterocycles. The molecule has 0 bridgehead atoms. The Balaban J connectivity index is 1.64. The lowest BCUT2D eigenvalue weighted by molar-refractivity contribution is -0.119. The van der Waals surface area contributed by atoms with Gasteiger partial charge in [-0.1, -0.05) is 24.3 Å². The predicted octanol–water partition coefficient (Wildman–Crippen LogP) is 4.14. The lowest BCUT2D eigenvalue weighted by atomic mass is 10.1. The van der Waals surface area contributed by atoms with E-state index in [4.69, 9.17) is 4.74 Å². The van der Waals surface area contributed by atoms with Crippen molar-refractivity contribution < 1.29 is 18.7 Å². The zero-order chi connectivity index (χ0) is 17.1. The van der Waals surface area contributed by atoms with Crippen LogP contribution in [0.15, 0.2) is 48.5 Å². The Morgan fingerprint density at radius 1 is 1.17 bits per heavy atom. The molecular weight excluding hydrogens is 329 g/mol. The number of carbonyl (C=O) groups is 2. The van der Waals surface area contributed by atoms with E-state index in [0.29, 0.717) is 10.6 Å². The largest absolute Gasteiger partial charge is 0.451 e. The maximum atomic E-state index is 13.1. The highest BCUT2D eigenvalue weighted by molar-refractivity contribution is 7.21. The van der Waals surface area contributed by atoms with E-state index in [1.807, 2.05) is 31.2 Å². The van der Waals surface area contributed by atoms with Crippen molar-refractivity contribution in [1.29, 1.82) is 0 Å². The van der Waals surface area contributed by atoms with Gasteiger partial charge in [-0.05, 0) is 42.1 Å². The fraction of sp³-hybridized carbons (Fsp3) is 0.111. The average Bonchev–Trinajstić information content (AvgIpc) is 2.90. The van der Waals surface area contributed by atoms with Gasteiger partial charge in [-0.2, -0.15) is 0 Å². The zero-order valence-electron chi connectivity index (χ0n) is 12.8. The first-order chi connectivity index (χ1) is 11.5. The van der Waals surface area contributed by atoms with Crippen LogP contribution in [0.1, 0.15) is 15.2 Å². The maximum absolute atomic E-state index is 13.1. The monoisotopic (exact) mass is 343 g/mol. The van der Waals surface area contributed by atoms with Crippen molar-refractivity contribution in [3.05, 3.63) is 64.8 Å². The molecule has 4 nitrogen and oxygen atoms in total. The summed E-state index contributed by atoms with van der Waals surface area (Å²) in [6.45, 7) is 1.42. The molecule has 3 rings (SSSR count). The van der Waals surface area contributed by atoms with Crippen molar-refractivity contribution in [3.63, 3.8) is 0 Å². The Hall–Kier alpha value is -2.73. The van der Waals surface area contributed by atoms with E-state index in [1.165, 1.54) is 29.5 Å². The third kappa shape index (κ3) is 3.44. The number of amides is 1. The maximum Gasteiger partial charge on any atom is 0.349 e. The van der Waals surface area contributed by atoms with Crippen molar-refractivity contribution in [3.8, 4) is 0 Å². The number of nitrogens with one attached hydrogen (secondary N) is 1. The summed E-state index contributed by atoms with van der Waals surface area (Å²) in [5.74, 6) is -1.51. The summed E-state index contributed by atoms with van der Waals surface area (Å²) in [7, 11) is 0. The summed E-state index contributed by atoms with van der Waals surface area (Å²) in [4.78, 5) is 24.5. The van der Waals surface area contributed by atoms with Gasteiger partial charge in [0.05, 0.1) is 0 Å². The smallest absolute Gasteiger partial charge is 0.349 e. The average molecular weight is 343 g/mol. The number of hydrogen-bond donors (Lipinski definition) is 1. The first-order valence-electron chi connectivity index (χ1n) is 7.25. The topological polar surface area (TPSA) is 55.4 Å². The first kappa shape index (κ1) is 16.1. The van der Waals surface area contributed by atoms with E-state index in [-0.39, 0.29) is 0 Å². The summed E-state index contributed by atoms with van der Waals surface area (Å²) in [5, 5.41) is 3.48. The van der Waals surface area contributed by atoms with Gasteiger partial charge in [-0.25, -0.2) is 9.18 Å². The van der Waals surface area contributed by atoms with Crippen molar-refractivity contribution in [2.75, 3.05) is 11.9 Å². The molecule has 24 heavy (non-hydrogen) atoms. The minimum Gasteiger partial charge on any atom is -0.451 e. The molecule has 0 unspecified atom stereocenters. The van der Waals surface area contributed by atoms with E-state index in [1.54, 1.807) is 6.07 Å². The Labute approximate surface area is 141 Å². The van der Waals surface area contributed by atoms with Gasteiger partial charge in [0.1, 0.15) is 10.7 Å². The summed E-state index contributed by atoms with van der Waals surface area (Å²) in [6.07, 6.45) is 0. The van der Waals surface area contributed by atoms with E-state index >= 15 is 0 Å². The number of esters is 1. The molecule has 0 spiro atoms. The molecule has 0 atom stereocenters. The van der Waals surface area contributed by atoms with Crippen LogP contribution < -0.4 is 5.32 Å². The van der Waals surface area contributed by atoms with Crippen LogP contribution in [0, 0.1) is 12.7 Å². The second kappa shape index (κ2) is 6.80. The number of benzene rings is 2. The Kier molecular flexibility index (Phi) is 4.57. The summed E-state index contributed by atoms with van der Waals surface area (Å²) in [5.41, 5.74) is 1.15. The van der Waals surface area contributed by atoms with Crippen LogP contribution in [0.3, 0.4) is 0 Å². The zero-order valence-corrected chi connectivity index (χ0v) is 13.7. The minimum absolute atomic E-state index is 0.314. The Morgan fingerprint density at radius 2 is 1.96 bits per heavy atom. The highest BCUT2D eigenvalue weighted by Gasteiger charge is 2.17. The molecular formula is C18H14FNO3S. The summed E-state index contributed by atoms with van der Waals surface area (Å²) < 4.78 is 19.1. The number of ether oxygens (including phenoxy) is 1. The number of rotatable bonds is 4. The molecule has 1 N–H and O–H groups in total. The summed E-state index contributed by atoms with van der Waals surface area (Å²) >= 11 is 1.33. The van der Waals surface area contributed by atoms with Crippen LogP contribution in [0.4, 0.5) is 10.1 Å². The molecule has 0 radical (unpaired) electrons. The Bertz CT molecular complexity index is 920. The van der Waals surface area contributed by atoms with E-state index in [2.05, 4.69) is 5.32 Å². The second-order valence-electron chi connectivity index (χ2n) is 5.19. The molecule has 0 aliphatic heterocycles. The van der Waals surface area contributed by atoms with Crippen molar-refractivity contribution >= 4 is 39.0 Å². The second-order valence-corrected chi connectivity index (χ2v) is 6.24.